The number of rotatable bonds is 4. The molecule has 1 N–H and O–H groups in total. The Morgan fingerprint density at radius 1 is 1.07 bits per heavy atom. The van der Waals surface area contributed by atoms with Crippen molar-refractivity contribution in [2.24, 2.45) is 0 Å². The number of nitrogens with zero attached hydrogens (tertiary/aromatic N) is 3. The molecule has 0 aliphatic carbocycles. The van der Waals surface area contributed by atoms with Crippen molar-refractivity contribution in [3.63, 3.8) is 0 Å². The number of benzene rings is 2. The van der Waals surface area contributed by atoms with E-state index in [-0.39, 0.29) is 12.1 Å². The lowest BCUT2D eigenvalue weighted by Gasteiger charge is -2.36. The van der Waals surface area contributed by atoms with Crippen LogP contribution in [0, 0.1) is 11.3 Å². The van der Waals surface area contributed by atoms with Gasteiger partial charge in [0, 0.05) is 26.2 Å². The zero-order valence-corrected chi connectivity index (χ0v) is 15.7. The quantitative estimate of drug-likeness (QED) is 0.898. The maximum atomic E-state index is 12.6. The second kappa shape index (κ2) is 8.45. The van der Waals surface area contributed by atoms with E-state index in [9.17, 15) is 4.79 Å². The molecule has 2 aromatic carbocycles. The number of carbonyl (C=O) groups excluding carboxylic acids is 1. The summed E-state index contributed by atoms with van der Waals surface area (Å²) >= 11 is 0. The van der Waals surface area contributed by atoms with Crippen molar-refractivity contribution < 1.29 is 9.53 Å². The zero-order chi connectivity index (χ0) is 19.2. The molecule has 3 rings (SSSR count). The van der Waals surface area contributed by atoms with E-state index in [1.54, 1.807) is 29.2 Å². The van der Waals surface area contributed by atoms with Gasteiger partial charge in [0.25, 0.3) is 0 Å². The lowest BCUT2D eigenvalue weighted by Crippen LogP contribution is -2.50. The average Bonchev–Trinajstić information content (AvgIpc) is 2.68. The van der Waals surface area contributed by atoms with Crippen LogP contribution in [-0.4, -0.2) is 43.2 Å². The monoisotopic (exact) mass is 364 g/mol. The van der Waals surface area contributed by atoms with Crippen LogP contribution in [0.25, 0.3) is 0 Å². The van der Waals surface area contributed by atoms with E-state index in [2.05, 4.69) is 22.4 Å². The van der Waals surface area contributed by atoms with Crippen LogP contribution in [0.5, 0.6) is 5.75 Å². The van der Waals surface area contributed by atoms with Gasteiger partial charge in [0.1, 0.15) is 11.8 Å². The van der Waals surface area contributed by atoms with Gasteiger partial charge in [-0.25, -0.2) is 4.79 Å². The molecule has 1 saturated heterocycles. The van der Waals surface area contributed by atoms with Gasteiger partial charge >= 0.3 is 6.03 Å². The Balaban J connectivity index is 1.62. The van der Waals surface area contributed by atoms with Gasteiger partial charge in [-0.15, -0.1) is 0 Å². The summed E-state index contributed by atoms with van der Waals surface area (Å²) in [5.41, 5.74) is 2.06. The molecule has 0 aromatic heterocycles. The molecule has 0 spiro atoms. The van der Waals surface area contributed by atoms with Crippen LogP contribution >= 0.6 is 0 Å². The Hall–Kier alpha value is -3.20. The van der Waals surface area contributed by atoms with Crippen molar-refractivity contribution in [1.29, 1.82) is 5.26 Å². The average molecular weight is 364 g/mol. The maximum absolute atomic E-state index is 12.6. The van der Waals surface area contributed by atoms with Crippen LogP contribution in [-0.2, 0) is 0 Å². The lowest BCUT2D eigenvalue weighted by molar-refractivity contribution is 0.207. The third-order valence-corrected chi connectivity index (χ3v) is 4.42. The number of urea groups is 1. The van der Waals surface area contributed by atoms with Crippen molar-refractivity contribution in [3.05, 3.63) is 54.1 Å². The smallest absolute Gasteiger partial charge is 0.322 e. The molecule has 1 aliphatic heterocycles. The predicted octanol–water partition coefficient (Wildman–Crippen LogP) is 3.70. The summed E-state index contributed by atoms with van der Waals surface area (Å²) in [6.45, 7) is 6.70. The van der Waals surface area contributed by atoms with Crippen molar-refractivity contribution in [2.45, 2.75) is 20.0 Å². The van der Waals surface area contributed by atoms with Gasteiger partial charge in [-0.3, -0.25) is 0 Å². The summed E-state index contributed by atoms with van der Waals surface area (Å²) in [6.07, 6.45) is 0.110. The van der Waals surface area contributed by atoms with Crippen LogP contribution in [0.4, 0.5) is 16.2 Å². The highest BCUT2D eigenvalue weighted by molar-refractivity contribution is 5.91. The molecule has 0 unspecified atom stereocenters. The van der Waals surface area contributed by atoms with Crippen LogP contribution in [0.3, 0.4) is 0 Å². The molecule has 2 aromatic rings. The third kappa shape index (κ3) is 4.50. The van der Waals surface area contributed by atoms with Crippen LogP contribution in [0.1, 0.15) is 19.4 Å². The first-order valence-electron chi connectivity index (χ1n) is 9.14. The maximum Gasteiger partial charge on any atom is 0.322 e. The van der Waals surface area contributed by atoms with E-state index in [0.717, 1.165) is 24.5 Å². The van der Waals surface area contributed by atoms with E-state index in [1.165, 1.54) is 0 Å². The number of nitriles is 1. The van der Waals surface area contributed by atoms with E-state index < -0.39 is 0 Å². The van der Waals surface area contributed by atoms with Crippen LogP contribution in [0.15, 0.2) is 48.5 Å². The van der Waals surface area contributed by atoms with Crippen molar-refractivity contribution >= 4 is 17.4 Å². The Morgan fingerprint density at radius 3 is 2.44 bits per heavy atom. The van der Waals surface area contributed by atoms with E-state index in [1.807, 2.05) is 32.0 Å². The number of anilines is 2. The summed E-state index contributed by atoms with van der Waals surface area (Å²) < 4.78 is 5.91. The number of para-hydroxylation sites is 3. The first-order valence-corrected chi connectivity index (χ1v) is 9.14. The second-order valence-corrected chi connectivity index (χ2v) is 6.70. The summed E-state index contributed by atoms with van der Waals surface area (Å²) in [5.74, 6) is 0.869. The Bertz CT molecular complexity index is 836. The number of nitrogens with one attached hydrogen (secondary N) is 1. The second-order valence-electron chi connectivity index (χ2n) is 6.70. The molecular formula is C21H24N4O2. The highest BCUT2D eigenvalue weighted by atomic mass is 16.5. The van der Waals surface area contributed by atoms with Gasteiger partial charge in [0.05, 0.1) is 23.0 Å². The van der Waals surface area contributed by atoms with Crippen LogP contribution in [0.2, 0.25) is 0 Å². The Labute approximate surface area is 160 Å². The minimum Gasteiger partial charge on any atom is -0.489 e. The Kier molecular flexibility index (Phi) is 5.82. The normalized spacial score (nSPS) is 14.0. The van der Waals surface area contributed by atoms with Gasteiger partial charge < -0.3 is 19.9 Å². The number of hydrogen-bond acceptors (Lipinski definition) is 4. The largest absolute Gasteiger partial charge is 0.489 e. The molecule has 1 heterocycles. The predicted molar refractivity (Wildman–Crippen MR) is 106 cm³/mol. The molecule has 1 fully saturated rings. The molecule has 27 heavy (non-hydrogen) atoms. The van der Waals surface area contributed by atoms with E-state index in [0.29, 0.717) is 24.3 Å². The molecular weight excluding hydrogens is 340 g/mol. The lowest BCUT2D eigenvalue weighted by atomic mass is 10.2. The SMILES string of the molecule is CC(C)Oc1ccccc1N1CCN(C(=O)Nc2ccccc2C#N)CC1. The topological polar surface area (TPSA) is 68.6 Å². The summed E-state index contributed by atoms with van der Waals surface area (Å²) in [7, 11) is 0. The molecule has 0 atom stereocenters. The first-order chi connectivity index (χ1) is 13.1. The molecule has 1 aliphatic rings. The van der Waals surface area contributed by atoms with E-state index in [4.69, 9.17) is 10.00 Å². The van der Waals surface area contributed by atoms with Crippen molar-refractivity contribution in [1.82, 2.24) is 4.90 Å². The fraction of sp³-hybridized carbons (Fsp3) is 0.333. The van der Waals surface area contributed by atoms with Gasteiger partial charge in [-0.05, 0) is 38.1 Å². The third-order valence-electron chi connectivity index (χ3n) is 4.42. The minimum atomic E-state index is -0.177. The molecule has 140 valence electrons. The number of carbonyl (C=O) groups is 1. The molecule has 0 saturated carbocycles. The standard InChI is InChI=1S/C21H24N4O2/c1-16(2)27-20-10-6-5-9-19(20)24-11-13-25(14-12-24)21(26)23-18-8-4-3-7-17(18)15-22/h3-10,16H,11-14H2,1-2H3,(H,23,26). The van der Waals surface area contributed by atoms with Gasteiger partial charge in [0.15, 0.2) is 0 Å². The molecule has 6 heteroatoms. The van der Waals surface area contributed by atoms with Gasteiger partial charge in [0.2, 0.25) is 0 Å². The summed E-state index contributed by atoms with van der Waals surface area (Å²) in [4.78, 5) is 16.6. The molecule has 6 nitrogen and oxygen atoms in total. The molecule has 0 bridgehead atoms. The number of hydrogen-bond donors (Lipinski definition) is 1. The minimum absolute atomic E-state index is 0.110. The number of amides is 2. The van der Waals surface area contributed by atoms with Crippen molar-refractivity contribution in [3.8, 4) is 11.8 Å². The molecule has 2 amide bonds. The highest BCUT2D eigenvalue weighted by Crippen LogP contribution is 2.29. The molecule has 0 radical (unpaired) electrons. The fourth-order valence-corrected chi connectivity index (χ4v) is 3.11. The summed E-state index contributed by atoms with van der Waals surface area (Å²) in [6, 6.07) is 16.9. The Morgan fingerprint density at radius 2 is 1.74 bits per heavy atom. The number of piperazine rings is 1. The summed E-state index contributed by atoms with van der Waals surface area (Å²) in [5, 5.41) is 12.0. The van der Waals surface area contributed by atoms with E-state index >= 15 is 0 Å². The van der Waals surface area contributed by atoms with Crippen molar-refractivity contribution in [2.75, 3.05) is 36.4 Å². The van der Waals surface area contributed by atoms with Gasteiger partial charge in [-0.1, -0.05) is 24.3 Å². The first kappa shape index (κ1) is 18.6. The highest BCUT2D eigenvalue weighted by Gasteiger charge is 2.23. The fourth-order valence-electron chi connectivity index (χ4n) is 3.11. The van der Waals surface area contributed by atoms with Gasteiger partial charge in [-0.2, -0.15) is 5.26 Å². The zero-order valence-electron chi connectivity index (χ0n) is 15.7. The number of ether oxygens (including phenoxy) is 1. The van der Waals surface area contributed by atoms with Crippen LogP contribution < -0.4 is 15.0 Å².